The van der Waals surface area contributed by atoms with Gasteiger partial charge in [0.05, 0.1) is 0 Å². The van der Waals surface area contributed by atoms with E-state index in [1.165, 1.54) is 0 Å². The lowest BCUT2D eigenvalue weighted by molar-refractivity contribution is 0.485. The molecule has 1 aromatic heterocycles. The minimum absolute atomic E-state index is 0.179. The molecule has 0 aliphatic rings. The van der Waals surface area contributed by atoms with Gasteiger partial charge in [-0.05, 0) is 36.8 Å². The van der Waals surface area contributed by atoms with E-state index in [9.17, 15) is 4.79 Å². The highest BCUT2D eigenvalue weighted by atomic mass is 16.1. The fourth-order valence-electron chi connectivity index (χ4n) is 2.39. The molecular weight excluding hydrogens is 260 g/mol. The van der Waals surface area contributed by atoms with Crippen molar-refractivity contribution in [2.75, 3.05) is 6.54 Å². The first-order chi connectivity index (χ1) is 9.82. The van der Waals surface area contributed by atoms with E-state index in [0.29, 0.717) is 24.3 Å². The fraction of sp³-hybridized carbons (Fsp3) is 0.722. The molecule has 3 nitrogen and oxygen atoms in total. The normalized spacial score (nSPS) is 11.9. The van der Waals surface area contributed by atoms with Gasteiger partial charge < -0.3 is 9.88 Å². The Bertz CT molecular complexity index is 486. The van der Waals surface area contributed by atoms with Gasteiger partial charge in [0, 0.05) is 24.3 Å². The lowest BCUT2D eigenvalue weighted by atomic mass is 10.1. The third kappa shape index (κ3) is 5.66. The van der Waals surface area contributed by atoms with Gasteiger partial charge in [0.2, 0.25) is 0 Å². The van der Waals surface area contributed by atoms with Gasteiger partial charge in [-0.3, -0.25) is 4.79 Å². The van der Waals surface area contributed by atoms with Crippen molar-refractivity contribution in [2.24, 2.45) is 11.8 Å². The van der Waals surface area contributed by atoms with Crippen LogP contribution < -0.4 is 10.9 Å². The zero-order valence-corrected chi connectivity index (χ0v) is 14.6. The molecule has 0 amide bonds. The first-order valence-corrected chi connectivity index (χ1v) is 8.26. The van der Waals surface area contributed by atoms with Crippen molar-refractivity contribution < 1.29 is 0 Å². The molecular formula is C18H32N2O. The zero-order chi connectivity index (χ0) is 16.0. The van der Waals surface area contributed by atoms with Gasteiger partial charge in [-0.2, -0.15) is 0 Å². The first-order valence-electron chi connectivity index (χ1n) is 8.26. The summed E-state index contributed by atoms with van der Waals surface area (Å²) in [6.45, 7) is 15.5. The highest BCUT2D eigenvalue weighted by Gasteiger charge is 2.12. The van der Waals surface area contributed by atoms with Crippen LogP contribution in [0.3, 0.4) is 0 Å². The highest BCUT2D eigenvalue weighted by Crippen LogP contribution is 2.14. The van der Waals surface area contributed by atoms with Crippen LogP contribution in [0.15, 0.2) is 16.9 Å². The Hall–Kier alpha value is -1.09. The summed E-state index contributed by atoms with van der Waals surface area (Å²) >= 11 is 0. The molecule has 1 rings (SSSR count). The van der Waals surface area contributed by atoms with E-state index in [2.05, 4.69) is 52.9 Å². The summed E-state index contributed by atoms with van der Waals surface area (Å²) < 4.78 is 1.98. The van der Waals surface area contributed by atoms with Crippen LogP contribution in [0.5, 0.6) is 0 Å². The van der Waals surface area contributed by atoms with E-state index in [0.717, 1.165) is 30.8 Å². The SMILES string of the molecule is CC(C)CCn1c(C(C)C)ccc(CNCC(C)C)c1=O. The van der Waals surface area contributed by atoms with Crippen molar-refractivity contribution in [1.82, 2.24) is 9.88 Å². The molecule has 0 saturated heterocycles. The van der Waals surface area contributed by atoms with E-state index in [4.69, 9.17) is 0 Å². The highest BCUT2D eigenvalue weighted by molar-refractivity contribution is 5.18. The van der Waals surface area contributed by atoms with Crippen LogP contribution in [0.25, 0.3) is 0 Å². The Morgan fingerprint density at radius 2 is 1.71 bits per heavy atom. The predicted octanol–water partition coefficient (Wildman–Crippen LogP) is 3.76. The largest absolute Gasteiger partial charge is 0.312 e. The summed E-state index contributed by atoms with van der Waals surface area (Å²) in [7, 11) is 0. The smallest absolute Gasteiger partial charge is 0.255 e. The monoisotopic (exact) mass is 292 g/mol. The van der Waals surface area contributed by atoms with Crippen LogP contribution >= 0.6 is 0 Å². The Morgan fingerprint density at radius 3 is 2.24 bits per heavy atom. The molecule has 0 bridgehead atoms. The molecule has 0 saturated carbocycles. The van der Waals surface area contributed by atoms with Gasteiger partial charge in [-0.25, -0.2) is 0 Å². The molecule has 120 valence electrons. The second kappa shape index (κ2) is 8.38. The number of pyridine rings is 1. The Kier molecular flexibility index (Phi) is 7.16. The lowest BCUT2D eigenvalue weighted by Crippen LogP contribution is -2.31. The summed E-state index contributed by atoms with van der Waals surface area (Å²) in [6.07, 6.45) is 1.04. The number of hydrogen-bond donors (Lipinski definition) is 1. The van der Waals surface area contributed by atoms with Gasteiger partial charge in [-0.1, -0.05) is 47.6 Å². The van der Waals surface area contributed by atoms with Gasteiger partial charge in [0.15, 0.2) is 0 Å². The second-order valence-corrected chi connectivity index (χ2v) is 7.10. The van der Waals surface area contributed by atoms with E-state index < -0.39 is 0 Å². The molecule has 1 heterocycles. The quantitative estimate of drug-likeness (QED) is 0.791. The number of rotatable bonds is 8. The van der Waals surface area contributed by atoms with Gasteiger partial charge in [0.25, 0.3) is 5.56 Å². The summed E-state index contributed by atoms with van der Waals surface area (Å²) in [5, 5.41) is 3.37. The second-order valence-electron chi connectivity index (χ2n) is 7.10. The molecule has 0 aliphatic heterocycles. The molecule has 1 aromatic rings. The van der Waals surface area contributed by atoms with Gasteiger partial charge in [0.1, 0.15) is 0 Å². The van der Waals surface area contributed by atoms with E-state index >= 15 is 0 Å². The summed E-state index contributed by atoms with van der Waals surface area (Å²) in [6, 6.07) is 4.12. The van der Waals surface area contributed by atoms with Crippen molar-refractivity contribution in [2.45, 2.75) is 67.0 Å². The zero-order valence-electron chi connectivity index (χ0n) is 14.6. The fourth-order valence-corrected chi connectivity index (χ4v) is 2.39. The van der Waals surface area contributed by atoms with Crippen LogP contribution in [-0.2, 0) is 13.1 Å². The average molecular weight is 292 g/mol. The number of hydrogen-bond acceptors (Lipinski definition) is 2. The molecule has 0 unspecified atom stereocenters. The van der Waals surface area contributed by atoms with Crippen LogP contribution in [0, 0.1) is 11.8 Å². The Labute approximate surface area is 129 Å². The standard InChI is InChI=1S/C18H32N2O/c1-13(2)9-10-20-17(15(5)6)8-7-16(18(20)21)12-19-11-14(3)4/h7-8,13-15,19H,9-12H2,1-6H3. The van der Waals surface area contributed by atoms with E-state index in [-0.39, 0.29) is 5.56 Å². The van der Waals surface area contributed by atoms with Gasteiger partial charge >= 0.3 is 0 Å². The van der Waals surface area contributed by atoms with E-state index in [1.54, 1.807) is 0 Å². The van der Waals surface area contributed by atoms with Crippen molar-refractivity contribution in [3.63, 3.8) is 0 Å². The van der Waals surface area contributed by atoms with Crippen LogP contribution in [-0.4, -0.2) is 11.1 Å². The van der Waals surface area contributed by atoms with Crippen molar-refractivity contribution in [3.05, 3.63) is 33.7 Å². The summed E-state index contributed by atoms with van der Waals surface area (Å²) in [4.78, 5) is 12.7. The van der Waals surface area contributed by atoms with Crippen molar-refractivity contribution in [1.29, 1.82) is 0 Å². The van der Waals surface area contributed by atoms with Crippen LogP contribution in [0.4, 0.5) is 0 Å². The van der Waals surface area contributed by atoms with Gasteiger partial charge in [-0.15, -0.1) is 0 Å². The molecule has 0 spiro atoms. The maximum atomic E-state index is 12.7. The maximum Gasteiger partial charge on any atom is 0.255 e. The molecule has 0 aromatic carbocycles. The maximum absolute atomic E-state index is 12.7. The number of nitrogens with one attached hydrogen (secondary N) is 1. The lowest BCUT2D eigenvalue weighted by Gasteiger charge is -2.18. The van der Waals surface area contributed by atoms with Crippen LogP contribution in [0.2, 0.25) is 0 Å². The third-order valence-electron chi connectivity index (χ3n) is 3.68. The Morgan fingerprint density at radius 1 is 1.05 bits per heavy atom. The molecule has 1 N–H and O–H groups in total. The number of nitrogens with zero attached hydrogens (tertiary/aromatic N) is 1. The third-order valence-corrected chi connectivity index (χ3v) is 3.68. The summed E-state index contributed by atoms with van der Waals surface area (Å²) in [5.41, 5.74) is 2.20. The van der Waals surface area contributed by atoms with Crippen molar-refractivity contribution >= 4 is 0 Å². The minimum Gasteiger partial charge on any atom is -0.312 e. The Balaban J connectivity index is 2.97. The summed E-state index contributed by atoms with van der Waals surface area (Å²) in [5.74, 6) is 1.59. The first kappa shape index (κ1) is 18.0. The van der Waals surface area contributed by atoms with Crippen molar-refractivity contribution in [3.8, 4) is 0 Å². The number of aromatic nitrogens is 1. The predicted molar refractivity (Wildman–Crippen MR) is 90.8 cm³/mol. The molecule has 0 fully saturated rings. The molecule has 3 heteroatoms. The minimum atomic E-state index is 0.179. The van der Waals surface area contributed by atoms with Crippen LogP contribution in [0.1, 0.15) is 65.1 Å². The molecule has 0 aliphatic carbocycles. The topological polar surface area (TPSA) is 34.0 Å². The average Bonchev–Trinajstić information content (AvgIpc) is 2.38. The van der Waals surface area contributed by atoms with E-state index in [1.807, 2.05) is 10.6 Å². The molecule has 0 radical (unpaired) electrons. The molecule has 21 heavy (non-hydrogen) atoms. The molecule has 0 atom stereocenters.